The summed E-state index contributed by atoms with van der Waals surface area (Å²) in [5.41, 5.74) is 1.25. The average Bonchev–Trinajstić information content (AvgIpc) is 2.34. The van der Waals surface area contributed by atoms with Gasteiger partial charge in [0.2, 0.25) is 0 Å². The molecule has 1 aromatic rings. The number of hydrogen-bond acceptors (Lipinski definition) is 3. The Kier molecular flexibility index (Phi) is 1.97. The highest BCUT2D eigenvalue weighted by molar-refractivity contribution is 7.10. The van der Waals surface area contributed by atoms with Crippen molar-refractivity contribution in [3.8, 4) is 0 Å². The predicted octanol–water partition coefficient (Wildman–Crippen LogP) is 2.17. The molecule has 0 aromatic carbocycles. The summed E-state index contributed by atoms with van der Waals surface area (Å²) in [5, 5.41) is 9.97. The Bertz CT molecular complexity index is 262. The molecule has 0 radical (unpaired) electrons. The van der Waals surface area contributed by atoms with Gasteiger partial charge in [-0.2, -0.15) is 0 Å². The van der Waals surface area contributed by atoms with Crippen LogP contribution >= 0.6 is 11.3 Å². The molecule has 0 aliphatic carbocycles. The maximum Gasteiger partial charge on any atom is 0.116 e. The lowest BCUT2D eigenvalue weighted by Crippen LogP contribution is -1.90. The Morgan fingerprint density at radius 1 is 1.90 bits per heavy atom. The molecule has 0 saturated carbocycles. The normalized spacial score (nSPS) is 9.30. The molecular formula is C7H8N2S. The van der Waals surface area contributed by atoms with Crippen LogP contribution in [0.25, 0.3) is 6.08 Å². The summed E-state index contributed by atoms with van der Waals surface area (Å²) in [6.07, 6.45) is 1.69. The lowest BCUT2D eigenvalue weighted by Gasteiger charge is -1.84. The van der Waals surface area contributed by atoms with E-state index in [9.17, 15) is 0 Å². The minimum absolute atomic E-state index is 0.504. The first-order valence-corrected chi connectivity index (χ1v) is 3.75. The molecule has 0 atom stereocenters. The molecule has 0 fully saturated rings. The van der Waals surface area contributed by atoms with Gasteiger partial charge in [-0.3, -0.25) is 0 Å². The Hall–Kier alpha value is -0.960. The third kappa shape index (κ3) is 1.30. The number of nitrogens with one attached hydrogen (secondary N) is 1. The number of nitrogens with zero attached hydrogens (tertiary/aromatic N) is 1. The van der Waals surface area contributed by atoms with E-state index in [0.29, 0.717) is 5.71 Å². The predicted molar refractivity (Wildman–Crippen MR) is 44.7 cm³/mol. The summed E-state index contributed by atoms with van der Waals surface area (Å²) in [5.74, 6) is 0. The number of hydrogen-bond donors (Lipinski definition) is 1. The molecule has 1 aromatic heterocycles. The van der Waals surface area contributed by atoms with E-state index in [1.807, 2.05) is 5.38 Å². The first-order chi connectivity index (χ1) is 4.74. The van der Waals surface area contributed by atoms with Gasteiger partial charge in [-0.05, 0) is 13.0 Å². The second-order valence-corrected chi connectivity index (χ2v) is 2.79. The molecule has 2 nitrogen and oxygen atoms in total. The van der Waals surface area contributed by atoms with Gasteiger partial charge in [0, 0.05) is 5.38 Å². The molecule has 1 rings (SSSR count). The Balaban J connectivity index is 2.98. The fourth-order valence-corrected chi connectivity index (χ4v) is 1.26. The van der Waals surface area contributed by atoms with Gasteiger partial charge in [-0.1, -0.05) is 6.58 Å². The van der Waals surface area contributed by atoms with E-state index in [2.05, 4.69) is 11.6 Å². The van der Waals surface area contributed by atoms with E-state index >= 15 is 0 Å². The zero-order valence-electron chi connectivity index (χ0n) is 5.72. The van der Waals surface area contributed by atoms with Gasteiger partial charge in [0.1, 0.15) is 5.01 Å². The van der Waals surface area contributed by atoms with Crippen LogP contribution < -0.4 is 0 Å². The molecule has 0 aliphatic rings. The van der Waals surface area contributed by atoms with Crippen molar-refractivity contribution in [2.75, 3.05) is 0 Å². The van der Waals surface area contributed by atoms with Crippen LogP contribution in [0.1, 0.15) is 17.6 Å². The van der Waals surface area contributed by atoms with Crippen LogP contribution in [-0.4, -0.2) is 10.7 Å². The lowest BCUT2D eigenvalue weighted by atomic mass is 10.3. The molecule has 0 amide bonds. The van der Waals surface area contributed by atoms with E-state index in [1.54, 1.807) is 13.0 Å². The van der Waals surface area contributed by atoms with Gasteiger partial charge in [0.25, 0.3) is 0 Å². The minimum atomic E-state index is 0.504. The van der Waals surface area contributed by atoms with Crippen molar-refractivity contribution >= 4 is 23.1 Å². The highest BCUT2D eigenvalue weighted by Gasteiger charge is 1.98. The average molecular weight is 152 g/mol. The van der Waals surface area contributed by atoms with Gasteiger partial charge in [-0.25, -0.2) is 4.98 Å². The fourth-order valence-electron chi connectivity index (χ4n) is 0.554. The molecule has 52 valence electrons. The van der Waals surface area contributed by atoms with Crippen molar-refractivity contribution < 1.29 is 0 Å². The van der Waals surface area contributed by atoms with Crippen LogP contribution in [0.5, 0.6) is 0 Å². The van der Waals surface area contributed by atoms with Gasteiger partial charge < -0.3 is 5.41 Å². The Labute approximate surface area is 63.7 Å². The number of aromatic nitrogens is 1. The topological polar surface area (TPSA) is 36.7 Å². The van der Waals surface area contributed by atoms with Crippen molar-refractivity contribution in [3.63, 3.8) is 0 Å². The van der Waals surface area contributed by atoms with Crippen LogP contribution in [0, 0.1) is 5.41 Å². The SMILES string of the molecule is C=Cc1nc(C(C)=N)cs1. The third-order valence-corrected chi connectivity index (χ3v) is 1.92. The van der Waals surface area contributed by atoms with Gasteiger partial charge in [-0.15, -0.1) is 11.3 Å². The molecule has 1 heterocycles. The maximum absolute atomic E-state index is 7.23. The third-order valence-electron chi connectivity index (χ3n) is 1.08. The number of rotatable bonds is 2. The van der Waals surface area contributed by atoms with E-state index in [1.165, 1.54) is 11.3 Å². The van der Waals surface area contributed by atoms with Gasteiger partial charge >= 0.3 is 0 Å². The zero-order valence-corrected chi connectivity index (χ0v) is 6.53. The summed E-state index contributed by atoms with van der Waals surface area (Å²) in [7, 11) is 0. The second-order valence-electron chi connectivity index (χ2n) is 1.90. The first kappa shape index (κ1) is 7.15. The van der Waals surface area contributed by atoms with E-state index in [-0.39, 0.29) is 0 Å². The van der Waals surface area contributed by atoms with Crippen molar-refractivity contribution in [2.24, 2.45) is 0 Å². The monoisotopic (exact) mass is 152 g/mol. The van der Waals surface area contributed by atoms with Crippen molar-refractivity contribution in [1.82, 2.24) is 4.98 Å². The van der Waals surface area contributed by atoms with Crippen LogP contribution in [0.4, 0.5) is 0 Å². The van der Waals surface area contributed by atoms with E-state index in [0.717, 1.165) is 10.7 Å². The summed E-state index contributed by atoms with van der Waals surface area (Å²) in [6, 6.07) is 0. The molecule has 0 unspecified atom stereocenters. The van der Waals surface area contributed by atoms with E-state index < -0.39 is 0 Å². The Morgan fingerprint density at radius 3 is 2.90 bits per heavy atom. The molecule has 0 spiro atoms. The fraction of sp³-hybridized carbons (Fsp3) is 0.143. The van der Waals surface area contributed by atoms with Gasteiger partial charge in [0.05, 0.1) is 11.4 Å². The highest BCUT2D eigenvalue weighted by atomic mass is 32.1. The quantitative estimate of drug-likeness (QED) is 0.648. The van der Waals surface area contributed by atoms with Crippen LogP contribution in [-0.2, 0) is 0 Å². The summed E-state index contributed by atoms with van der Waals surface area (Å²) in [6.45, 7) is 5.31. The van der Waals surface area contributed by atoms with Gasteiger partial charge in [0.15, 0.2) is 0 Å². The molecule has 0 saturated heterocycles. The van der Waals surface area contributed by atoms with Crippen molar-refractivity contribution in [3.05, 3.63) is 22.7 Å². The second kappa shape index (κ2) is 2.75. The molecule has 1 N–H and O–H groups in total. The maximum atomic E-state index is 7.23. The van der Waals surface area contributed by atoms with Crippen molar-refractivity contribution in [2.45, 2.75) is 6.92 Å². The lowest BCUT2D eigenvalue weighted by molar-refractivity contribution is 1.32. The summed E-state index contributed by atoms with van der Waals surface area (Å²) < 4.78 is 0. The molecule has 3 heteroatoms. The smallest absolute Gasteiger partial charge is 0.116 e. The Morgan fingerprint density at radius 2 is 2.60 bits per heavy atom. The van der Waals surface area contributed by atoms with Crippen LogP contribution in [0.3, 0.4) is 0 Å². The number of thiazole rings is 1. The summed E-state index contributed by atoms with van der Waals surface area (Å²) >= 11 is 1.51. The zero-order chi connectivity index (χ0) is 7.56. The van der Waals surface area contributed by atoms with E-state index in [4.69, 9.17) is 5.41 Å². The van der Waals surface area contributed by atoms with Crippen LogP contribution in [0.2, 0.25) is 0 Å². The largest absolute Gasteiger partial charge is 0.303 e. The summed E-state index contributed by atoms with van der Waals surface area (Å²) in [4.78, 5) is 4.10. The first-order valence-electron chi connectivity index (χ1n) is 2.87. The molecular weight excluding hydrogens is 144 g/mol. The molecule has 0 aliphatic heterocycles. The highest BCUT2D eigenvalue weighted by Crippen LogP contribution is 2.10. The molecule has 10 heavy (non-hydrogen) atoms. The minimum Gasteiger partial charge on any atom is -0.303 e. The van der Waals surface area contributed by atoms with Crippen molar-refractivity contribution in [1.29, 1.82) is 5.41 Å². The standard InChI is InChI=1S/C7H8N2S/c1-3-7-9-6(4-10-7)5(2)8/h3-4,8H,1H2,2H3. The van der Waals surface area contributed by atoms with Crippen LogP contribution in [0.15, 0.2) is 12.0 Å². The molecule has 0 bridgehead atoms.